The Bertz CT molecular complexity index is 1340. The van der Waals surface area contributed by atoms with Gasteiger partial charge in [0.05, 0.1) is 33.7 Å². The minimum Gasteiger partial charge on any atom is -0.483 e. The summed E-state index contributed by atoms with van der Waals surface area (Å²) in [6, 6.07) is 13.8. The van der Waals surface area contributed by atoms with Gasteiger partial charge in [-0.15, -0.1) is 0 Å². The number of hydrogen-bond donors (Lipinski definition) is 1. The van der Waals surface area contributed by atoms with Gasteiger partial charge in [-0.3, -0.25) is 9.48 Å². The molecule has 0 saturated carbocycles. The van der Waals surface area contributed by atoms with Crippen LogP contribution in [0.2, 0.25) is 20.1 Å². The van der Waals surface area contributed by atoms with Crippen LogP contribution in [0.1, 0.15) is 33.3 Å². The largest absolute Gasteiger partial charge is 0.483 e. The Kier molecular flexibility index (Phi) is 7.43. The lowest BCUT2D eigenvalue weighted by Crippen LogP contribution is -2.12. The number of nitrogens with one attached hydrogen (secondary N) is 1. The summed E-state index contributed by atoms with van der Waals surface area (Å²) in [5.41, 5.74) is 3.14. The van der Waals surface area contributed by atoms with Crippen molar-refractivity contribution in [3.05, 3.63) is 97.1 Å². The van der Waals surface area contributed by atoms with Crippen LogP contribution in [0.3, 0.4) is 0 Å². The topological polar surface area (TPSA) is 69.3 Å². The third-order valence-corrected chi connectivity index (χ3v) is 6.06. The average Bonchev–Trinajstić information content (AvgIpc) is 3.34. The van der Waals surface area contributed by atoms with E-state index in [-0.39, 0.29) is 28.2 Å². The highest BCUT2D eigenvalue weighted by atomic mass is 35.5. The van der Waals surface area contributed by atoms with Crippen LogP contribution in [0.25, 0.3) is 0 Å². The van der Waals surface area contributed by atoms with E-state index in [0.717, 1.165) is 11.3 Å². The SMILES string of the molecule is Cc1nn(Cc2cccc(Cl)c2)c(C)c1NC(=O)c1ccc(COc2c(Cl)cc(Cl)cc2Cl)o1. The first-order chi connectivity index (χ1) is 16.2. The number of carbonyl (C=O) groups is 1. The number of hydrogen-bond acceptors (Lipinski definition) is 4. The molecular weight excluding hydrogens is 520 g/mol. The van der Waals surface area contributed by atoms with Crippen LogP contribution in [-0.2, 0) is 13.2 Å². The molecule has 0 fully saturated rings. The van der Waals surface area contributed by atoms with Gasteiger partial charge in [-0.25, -0.2) is 0 Å². The van der Waals surface area contributed by atoms with Crippen molar-refractivity contribution in [2.75, 3.05) is 5.32 Å². The van der Waals surface area contributed by atoms with Crippen LogP contribution in [-0.4, -0.2) is 15.7 Å². The van der Waals surface area contributed by atoms with Gasteiger partial charge < -0.3 is 14.5 Å². The van der Waals surface area contributed by atoms with Crippen molar-refractivity contribution in [2.45, 2.75) is 27.0 Å². The minimum absolute atomic E-state index is 0.0317. The van der Waals surface area contributed by atoms with Crippen molar-refractivity contribution >= 4 is 58.0 Å². The maximum absolute atomic E-state index is 12.8. The second kappa shape index (κ2) is 10.3. The minimum atomic E-state index is -0.401. The highest BCUT2D eigenvalue weighted by Gasteiger charge is 2.18. The van der Waals surface area contributed by atoms with Crippen molar-refractivity contribution in [1.29, 1.82) is 0 Å². The molecule has 2 heterocycles. The lowest BCUT2D eigenvalue weighted by molar-refractivity contribution is 0.0992. The number of nitrogens with zero attached hydrogens (tertiary/aromatic N) is 2. The fourth-order valence-electron chi connectivity index (χ4n) is 3.40. The third kappa shape index (κ3) is 5.53. The van der Waals surface area contributed by atoms with Gasteiger partial charge >= 0.3 is 0 Å². The number of aromatic nitrogens is 2. The fourth-order valence-corrected chi connectivity index (χ4v) is 4.54. The zero-order valence-corrected chi connectivity index (χ0v) is 21.2. The molecule has 0 unspecified atom stereocenters. The Hall–Kier alpha value is -2.64. The summed E-state index contributed by atoms with van der Waals surface area (Å²) >= 11 is 24.3. The van der Waals surface area contributed by atoms with Crippen LogP contribution in [0.5, 0.6) is 5.75 Å². The Morgan fingerprint density at radius 1 is 1.03 bits per heavy atom. The summed E-state index contributed by atoms with van der Waals surface area (Å²) in [5, 5.41) is 9.05. The predicted octanol–water partition coefficient (Wildman–Crippen LogP) is 7.59. The number of furan rings is 1. The Morgan fingerprint density at radius 3 is 2.47 bits per heavy atom. The summed E-state index contributed by atoms with van der Waals surface area (Å²) in [7, 11) is 0. The van der Waals surface area contributed by atoms with Gasteiger partial charge in [-0.2, -0.15) is 5.10 Å². The summed E-state index contributed by atoms with van der Waals surface area (Å²) < 4.78 is 13.1. The summed E-state index contributed by atoms with van der Waals surface area (Å²) in [5.74, 6) is 0.446. The van der Waals surface area contributed by atoms with E-state index in [1.165, 1.54) is 12.1 Å². The van der Waals surface area contributed by atoms with Crippen LogP contribution < -0.4 is 10.1 Å². The average molecular weight is 539 g/mol. The van der Waals surface area contributed by atoms with Crippen molar-refractivity contribution in [2.24, 2.45) is 0 Å². The molecule has 34 heavy (non-hydrogen) atoms. The quantitative estimate of drug-likeness (QED) is 0.263. The van der Waals surface area contributed by atoms with E-state index in [0.29, 0.717) is 33.7 Å². The third-order valence-electron chi connectivity index (χ3n) is 5.05. The number of rotatable bonds is 7. The van der Waals surface area contributed by atoms with E-state index < -0.39 is 5.91 Å². The fraction of sp³-hybridized carbons (Fsp3) is 0.167. The first-order valence-electron chi connectivity index (χ1n) is 10.2. The van der Waals surface area contributed by atoms with Crippen LogP contribution in [0.15, 0.2) is 52.9 Å². The molecular formula is C24H19Cl4N3O3. The smallest absolute Gasteiger partial charge is 0.291 e. The van der Waals surface area contributed by atoms with Gasteiger partial charge in [0.1, 0.15) is 12.4 Å². The number of aryl methyl sites for hydroxylation is 1. The molecule has 176 valence electrons. The monoisotopic (exact) mass is 537 g/mol. The van der Waals surface area contributed by atoms with E-state index in [1.807, 2.05) is 42.8 Å². The zero-order valence-electron chi connectivity index (χ0n) is 18.2. The Balaban J connectivity index is 1.43. The molecule has 2 aromatic carbocycles. The number of anilines is 1. The molecule has 0 aliphatic heterocycles. The van der Waals surface area contributed by atoms with E-state index in [2.05, 4.69) is 10.4 Å². The van der Waals surface area contributed by atoms with Crippen molar-refractivity contribution < 1.29 is 13.9 Å². The molecule has 0 spiro atoms. The number of amides is 1. The molecule has 4 aromatic rings. The van der Waals surface area contributed by atoms with Gasteiger partial charge in [-0.05, 0) is 55.8 Å². The molecule has 0 atom stereocenters. The summed E-state index contributed by atoms with van der Waals surface area (Å²) in [4.78, 5) is 12.8. The first-order valence-corrected chi connectivity index (χ1v) is 11.7. The molecule has 4 rings (SSSR count). The molecule has 0 aliphatic rings. The van der Waals surface area contributed by atoms with E-state index in [1.54, 1.807) is 12.1 Å². The predicted molar refractivity (Wildman–Crippen MR) is 135 cm³/mol. The molecule has 10 heteroatoms. The maximum atomic E-state index is 12.8. The van der Waals surface area contributed by atoms with E-state index >= 15 is 0 Å². The van der Waals surface area contributed by atoms with Gasteiger partial charge in [0.25, 0.3) is 5.91 Å². The molecule has 1 amide bonds. The highest BCUT2D eigenvalue weighted by molar-refractivity contribution is 6.40. The molecule has 0 bridgehead atoms. The Morgan fingerprint density at radius 2 is 1.76 bits per heavy atom. The van der Waals surface area contributed by atoms with E-state index in [4.69, 9.17) is 55.6 Å². The van der Waals surface area contributed by atoms with E-state index in [9.17, 15) is 4.79 Å². The van der Waals surface area contributed by atoms with Gasteiger partial charge in [-0.1, -0.05) is 58.5 Å². The standard InChI is InChI=1S/C24H19Cl4N3O3/c1-13-22(14(2)31(30-13)11-15-4-3-5-16(25)8-15)29-24(32)21-7-6-18(34-21)12-33-23-19(27)9-17(26)10-20(23)28/h3-10H,11-12H2,1-2H3,(H,29,32). The van der Waals surface area contributed by atoms with Crippen LogP contribution in [0.4, 0.5) is 5.69 Å². The lowest BCUT2D eigenvalue weighted by Gasteiger charge is -2.09. The first kappa shape index (κ1) is 24.5. The summed E-state index contributed by atoms with van der Waals surface area (Å²) in [6.07, 6.45) is 0. The van der Waals surface area contributed by atoms with Gasteiger partial charge in [0.2, 0.25) is 0 Å². The number of ether oxygens (including phenoxy) is 1. The molecule has 1 N–H and O–H groups in total. The van der Waals surface area contributed by atoms with Crippen LogP contribution in [0, 0.1) is 13.8 Å². The number of halogens is 4. The molecule has 0 saturated heterocycles. The molecule has 0 aliphatic carbocycles. The molecule has 0 radical (unpaired) electrons. The number of carbonyl (C=O) groups excluding carboxylic acids is 1. The van der Waals surface area contributed by atoms with Crippen molar-refractivity contribution in [3.8, 4) is 5.75 Å². The lowest BCUT2D eigenvalue weighted by atomic mass is 10.2. The number of benzene rings is 2. The second-order valence-electron chi connectivity index (χ2n) is 7.54. The van der Waals surface area contributed by atoms with Gasteiger partial charge in [0.15, 0.2) is 11.5 Å². The maximum Gasteiger partial charge on any atom is 0.291 e. The molecule has 6 nitrogen and oxygen atoms in total. The second-order valence-corrected chi connectivity index (χ2v) is 9.23. The van der Waals surface area contributed by atoms with Gasteiger partial charge in [0, 0.05) is 10.0 Å². The Labute approximate surface area is 216 Å². The van der Waals surface area contributed by atoms with Crippen molar-refractivity contribution in [1.82, 2.24) is 9.78 Å². The normalized spacial score (nSPS) is 11.0. The summed E-state index contributed by atoms with van der Waals surface area (Å²) in [6.45, 7) is 4.28. The highest BCUT2D eigenvalue weighted by Crippen LogP contribution is 2.36. The zero-order chi connectivity index (χ0) is 24.4. The van der Waals surface area contributed by atoms with Crippen LogP contribution >= 0.6 is 46.4 Å². The molecule has 2 aromatic heterocycles. The van der Waals surface area contributed by atoms with Crippen molar-refractivity contribution in [3.63, 3.8) is 0 Å².